The van der Waals surface area contributed by atoms with Crippen LogP contribution in [0.25, 0.3) is 0 Å². The Bertz CT molecular complexity index is 194. The average Bonchev–Trinajstić information content (AvgIpc) is 2.50. The SMILES string of the molecule is CCCCOCCCCCCCCCCCCCCC(C)F. The van der Waals surface area contributed by atoms with Gasteiger partial charge in [-0.3, -0.25) is 0 Å². The summed E-state index contributed by atoms with van der Waals surface area (Å²) in [6.45, 7) is 5.78. The molecule has 0 aliphatic heterocycles. The van der Waals surface area contributed by atoms with Gasteiger partial charge in [-0.2, -0.15) is 0 Å². The number of halogens is 1. The van der Waals surface area contributed by atoms with Crippen LogP contribution in [0, 0.1) is 0 Å². The molecule has 0 aliphatic rings. The Morgan fingerprint density at radius 2 is 1.05 bits per heavy atom. The zero-order chi connectivity index (χ0) is 16.3. The van der Waals surface area contributed by atoms with Crippen LogP contribution in [0.1, 0.15) is 110 Å². The van der Waals surface area contributed by atoms with E-state index in [0.717, 1.165) is 26.1 Å². The lowest BCUT2D eigenvalue weighted by molar-refractivity contribution is 0.127. The standard InChI is InChI=1S/C20H41FO/c1-3-4-18-22-19-16-14-12-10-8-6-5-7-9-11-13-15-17-20(2)21/h20H,3-19H2,1-2H3. The molecule has 0 heterocycles. The summed E-state index contributed by atoms with van der Waals surface area (Å²) in [6, 6.07) is 0. The summed E-state index contributed by atoms with van der Waals surface area (Å²) in [4.78, 5) is 0. The first-order chi connectivity index (χ1) is 10.8. The molecule has 134 valence electrons. The lowest BCUT2D eigenvalue weighted by Crippen LogP contribution is -1.96. The van der Waals surface area contributed by atoms with Crippen molar-refractivity contribution < 1.29 is 9.13 Å². The summed E-state index contributed by atoms with van der Waals surface area (Å²) in [5, 5.41) is 0. The molecular weight excluding hydrogens is 275 g/mol. The van der Waals surface area contributed by atoms with Gasteiger partial charge < -0.3 is 4.74 Å². The Morgan fingerprint density at radius 3 is 1.50 bits per heavy atom. The quantitative estimate of drug-likeness (QED) is 0.242. The molecule has 0 saturated heterocycles. The number of alkyl halides is 1. The summed E-state index contributed by atoms with van der Waals surface area (Å²) in [6.07, 6.45) is 18.4. The minimum atomic E-state index is -0.608. The maximum atomic E-state index is 12.6. The molecule has 0 aliphatic carbocycles. The first kappa shape index (κ1) is 21.9. The lowest BCUT2D eigenvalue weighted by Gasteiger charge is -2.04. The fraction of sp³-hybridized carbons (Fsp3) is 1.00. The Balaban J connectivity index is 2.94. The van der Waals surface area contributed by atoms with Crippen LogP contribution in [-0.4, -0.2) is 19.4 Å². The van der Waals surface area contributed by atoms with Crippen molar-refractivity contribution in [2.24, 2.45) is 0 Å². The summed E-state index contributed by atoms with van der Waals surface area (Å²) < 4.78 is 18.2. The van der Waals surface area contributed by atoms with Gasteiger partial charge in [-0.25, -0.2) is 4.39 Å². The average molecular weight is 317 g/mol. The molecule has 0 radical (unpaired) electrons. The summed E-state index contributed by atoms with van der Waals surface area (Å²) in [7, 11) is 0. The Morgan fingerprint density at radius 1 is 0.636 bits per heavy atom. The van der Waals surface area contributed by atoms with Crippen molar-refractivity contribution in [2.45, 2.75) is 116 Å². The van der Waals surface area contributed by atoms with E-state index in [9.17, 15) is 4.39 Å². The maximum absolute atomic E-state index is 12.6. The van der Waals surface area contributed by atoms with Gasteiger partial charge in [-0.05, 0) is 26.2 Å². The van der Waals surface area contributed by atoms with E-state index in [1.54, 1.807) is 6.92 Å². The predicted molar refractivity (Wildman–Crippen MR) is 96.3 cm³/mol. The maximum Gasteiger partial charge on any atom is 0.0973 e. The highest BCUT2D eigenvalue weighted by atomic mass is 19.1. The van der Waals surface area contributed by atoms with E-state index >= 15 is 0 Å². The molecule has 0 aromatic rings. The van der Waals surface area contributed by atoms with Gasteiger partial charge in [0, 0.05) is 13.2 Å². The Kier molecular flexibility index (Phi) is 18.8. The molecule has 0 saturated carbocycles. The number of hydrogen-bond donors (Lipinski definition) is 0. The number of ether oxygens (including phenoxy) is 1. The van der Waals surface area contributed by atoms with Crippen LogP contribution in [-0.2, 0) is 4.74 Å². The fourth-order valence-corrected chi connectivity index (χ4v) is 2.75. The van der Waals surface area contributed by atoms with Gasteiger partial charge in [0.15, 0.2) is 0 Å². The Labute approximate surface area is 139 Å². The molecule has 2 heteroatoms. The topological polar surface area (TPSA) is 9.23 Å². The highest BCUT2D eigenvalue weighted by molar-refractivity contribution is 4.51. The molecule has 0 aromatic heterocycles. The van der Waals surface area contributed by atoms with E-state index in [1.807, 2.05) is 0 Å². The van der Waals surface area contributed by atoms with Crippen LogP contribution in [0.15, 0.2) is 0 Å². The number of rotatable bonds is 18. The molecule has 0 aromatic carbocycles. The lowest BCUT2D eigenvalue weighted by atomic mass is 10.0. The number of unbranched alkanes of at least 4 members (excludes halogenated alkanes) is 12. The highest BCUT2D eigenvalue weighted by Gasteiger charge is 1.97. The predicted octanol–water partition coefficient (Wildman–Crippen LogP) is 7.23. The highest BCUT2D eigenvalue weighted by Crippen LogP contribution is 2.13. The van der Waals surface area contributed by atoms with E-state index < -0.39 is 6.17 Å². The molecule has 1 atom stereocenters. The van der Waals surface area contributed by atoms with Gasteiger partial charge in [0.05, 0.1) is 6.17 Å². The smallest absolute Gasteiger partial charge is 0.0973 e. The second kappa shape index (κ2) is 18.9. The summed E-state index contributed by atoms with van der Waals surface area (Å²) >= 11 is 0. The third-order valence-corrected chi connectivity index (χ3v) is 4.28. The normalized spacial score (nSPS) is 12.7. The van der Waals surface area contributed by atoms with Gasteiger partial charge >= 0.3 is 0 Å². The summed E-state index contributed by atoms with van der Waals surface area (Å²) in [5.74, 6) is 0. The summed E-state index contributed by atoms with van der Waals surface area (Å²) in [5.41, 5.74) is 0. The van der Waals surface area contributed by atoms with Crippen molar-refractivity contribution in [1.29, 1.82) is 0 Å². The molecule has 0 amide bonds. The molecule has 0 N–H and O–H groups in total. The van der Waals surface area contributed by atoms with Crippen molar-refractivity contribution in [2.75, 3.05) is 13.2 Å². The van der Waals surface area contributed by atoms with Gasteiger partial charge in [0.2, 0.25) is 0 Å². The van der Waals surface area contributed by atoms with Gasteiger partial charge in [0.1, 0.15) is 0 Å². The van der Waals surface area contributed by atoms with E-state index in [2.05, 4.69) is 6.92 Å². The molecule has 1 nitrogen and oxygen atoms in total. The second-order valence-electron chi connectivity index (χ2n) is 6.78. The first-order valence-corrected chi connectivity index (χ1v) is 9.99. The van der Waals surface area contributed by atoms with E-state index in [4.69, 9.17) is 4.74 Å². The van der Waals surface area contributed by atoms with E-state index in [-0.39, 0.29) is 0 Å². The monoisotopic (exact) mass is 316 g/mol. The van der Waals surface area contributed by atoms with Gasteiger partial charge in [0.25, 0.3) is 0 Å². The van der Waals surface area contributed by atoms with Gasteiger partial charge in [-0.15, -0.1) is 0 Å². The van der Waals surface area contributed by atoms with E-state index in [0.29, 0.717) is 0 Å². The second-order valence-corrected chi connectivity index (χ2v) is 6.78. The molecule has 0 bridgehead atoms. The van der Waals surface area contributed by atoms with Crippen LogP contribution in [0.2, 0.25) is 0 Å². The minimum absolute atomic E-state index is 0.608. The van der Waals surface area contributed by atoms with Crippen LogP contribution in [0.3, 0.4) is 0 Å². The minimum Gasteiger partial charge on any atom is -0.381 e. The van der Waals surface area contributed by atoms with Crippen LogP contribution >= 0.6 is 0 Å². The first-order valence-electron chi connectivity index (χ1n) is 9.99. The van der Waals surface area contributed by atoms with Crippen molar-refractivity contribution in [3.8, 4) is 0 Å². The third kappa shape index (κ3) is 19.9. The van der Waals surface area contributed by atoms with Crippen LogP contribution in [0.5, 0.6) is 0 Å². The zero-order valence-electron chi connectivity index (χ0n) is 15.4. The molecule has 1 unspecified atom stereocenters. The fourth-order valence-electron chi connectivity index (χ4n) is 2.75. The van der Waals surface area contributed by atoms with Crippen LogP contribution in [0.4, 0.5) is 4.39 Å². The largest absolute Gasteiger partial charge is 0.381 e. The molecule has 0 spiro atoms. The van der Waals surface area contributed by atoms with Crippen LogP contribution < -0.4 is 0 Å². The van der Waals surface area contributed by atoms with Crippen molar-refractivity contribution in [1.82, 2.24) is 0 Å². The van der Waals surface area contributed by atoms with Crippen molar-refractivity contribution in [3.05, 3.63) is 0 Å². The number of hydrogen-bond acceptors (Lipinski definition) is 1. The zero-order valence-corrected chi connectivity index (χ0v) is 15.4. The van der Waals surface area contributed by atoms with Crippen molar-refractivity contribution >= 4 is 0 Å². The Hall–Kier alpha value is -0.110. The molecule has 0 rings (SSSR count). The van der Waals surface area contributed by atoms with Gasteiger partial charge in [-0.1, -0.05) is 84.0 Å². The molecule has 0 fully saturated rings. The molecular formula is C20H41FO. The van der Waals surface area contributed by atoms with Crippen molar-refractivity contribution in [3.63, 3.8) is 0 Å². The molecule has 22 heavy (non-hydrogen) atoms. The van der Waals surface area contributed by atoms with E-state index in [1.165, 1.54) is 83.5 Å². The third-order valence-electron chi connectivity index (χ3n) is 4.28.